The van der Waals surface area contributed by atoms with E-state index in [2.05, 4.69) is 0 Å². The van der Waals surface area contributed by atoms with E-state index < -0.39 is 0 Å². The second-order valence-electron chi connectivity index (χ2n) is 4.95. The number of piperazine rings is 1. The number of rotatable bonds is 4. The predicted octanol–water partition coefficient (Wildman–Crippen LogP) is 1.50. The Labute approximate surface area is 104 Å². The van der Waals surface area contributed by atoms with Gasteiger partial charge >= 0.3 is 0 Å². The van der Waals surface area contributed by atoms with Crippen LogP contribution in [-0.4, -0.2) is 47.3 Å². The van der Waals surface area contributed by atoms with E-state index in [4.69, 9.17) is 0 Å². The Balaban J connectivity index is 2.60. The standard InChI is InChI=1S/C13H24N2O2/c1-5-11(6-2)13(17)14-7-8-15(10(3)4)12(16)9-14/h10-11H,5-9H2,1-4H3. The number of amides is 2. The van der Waals surface area contributed by atoms with E-state index in [1.54, 1.807) is 4.90 Å². The molecule has 0 aromatic heterocycles. The summed E-state index contributed by atoms with van der Waals surface area (Å²) in [5, 5.41) is 0. The molecular weight excluding hydrogens is 216 g/mol. The lowest BCUT2D eigenvalue weighted by atomic mass is 10.0. The first-order valence-corrected chi connectivity index (χ1v) is 6.59. The van der Waals surface area contributed by atoms with Crippen molar-refractivity contribution in [1.29, 1.82) is 0 Å². The van der Waals surface area contributed by atoms with Crippen LogP contribution in [0.3, 0.4) is 0 Å². The molecule has 2 amide bonds. The van der Waals surface area contributed by atoms with Crippen molar-refractivity contribution in [3.05, 3.63) is 0 Å². The van der Waals surface area contributed by atoms with Gasteiger partial charge < -0.3 is 9.80 Å². The summed E-state index contributed by atoms with van der Waals surface area (Å²) in [7, 11) is 0. The van der Waals surface area contributed by atoms with Gasteiger partial charge in [-0.3, -0.25) is 9.59 Å². The van der Waals surface area contributed by atoms with Gasteiger partial charge in [-0.15, -0.1) is 0 Å². The highest BCUT2D eigenvalue weighted by Crippen LogP contribution is 2.15. The maximum absolute atomic E-state index is 12.1. The van der Waals surface area contributed by atoms with Gasteiger partial charge in [0.05, 0.1) is 6.54 Å². The molecular formula is C13H24N2O2. The zero-order chi connectivity index (χ0) is 13.0. The Morgan fingerprint density at radius 1 is 1.24 bits per heavy atom. The smallest absolute Gasteiger partial charge is 0.242 e. The summed E-state index contributed by atoms with van der Waals surface area (Å²) in [6.07, 6.45) is 1.71. The van der Waals surface area contributed by atoms with Crippen LogP contribution in [0.15, 0.2) is 0 Å². The Morgan fingerprint density at radius 3 is 2.24 bits per heavy atom. The summed E-state index contributed by atoms with van der Waals surface area (Å²) in [4.78, 5) is 27.6. The Kier molecular flexibility index (Phi) is 4.97. The van der Waals surface area contributed by atoms with Crippen molar-refractivity contribution in [2.75, 3.05) is 19.6 Å². The molecule has 0 spiro atoms. The molecule has 4 heteroatoms. The molecule has 1 aliphatic rings. The largest absolute Gasteiger partial charge is 0.337 e. The lowest BCUT2D eigenvalue weighted by molar-refractivity contribution is -0.148. The van der Waals surface area contributed by atoms with Crippen molar-refractivity contribution >= 4 is 11.8 Å². The molecule has 0 unspecified atom stereocenters. The monoisotopic (exact) mass is 240 g/mol. The number of carbonyl (C=O) groups is 2. The Bertz CT molecular complexity index is 285. The SMILES string of the molecule is CCC(CC)C(=O)N1CCN(C(C)C)C(=O)C1. The molecule has 1 aliphatic heterocycles. The molecule has 1 rings (SSSR count). The highest BCUT2D eigenvalue weighted by Gasteiger charge is 2.30. The van der Waals surface area contributed by atoms with Gasteiger partial charge in [0.1, 0.15) is 0 Å². The van der Waals surface area contributed by atoms with Gasteiger partial charge in [0.15, 0.2) is 0 Å². The van der Waals surface area contributed by atoms with Crippen LogP contribution in [0.1, 0.15) is 40.5 Å². The molecule has 0 aromatic rings. The summed E-state index contributed by atoms with van der Waals surface area (Å²) < 4.78 is 0. The molecule has 98 valence electrons. The fourth-order valence-corrected chi connectivity index (χ4v) is 2.32. The third-order valence-corrected chi connectivity index (χ3v) is 3.53. The molecule has 17 heavy (non-hydrogen) atoms. The van der Waals surface area contributed by atoms with Gasteiger partial charge in [-0.1, -0.05) is 13.8 Å². The fraction of sp³-hybridized carbons (Fsp3) is 0.846. The normalized spacial score (nSPS) is 17.2. The lowest BCUT2D eigenvalue weighted by Crippen LogP contribution is -2.55. The zero-order valence-electron chi connectivity index (χ0n) is 11.4. The van der Waals surface area contributed by atoms with E-state index in [9.17, 15) is 9.59 Å². The van der Waals surface area contributed by atoms with E-state index >= 15 is 0 Å². The third-order valence-electron chi connectivity index (χ3n) is 3.53. The first-order valence-electron chi connectivity index (χ1n) is 6.59. The average molecular weight is 240 g/mol. The molecule has 0 N–H and O–H groups in total. The third kappa shape index (κ3) is 3.20. The molecule has 1 heterocycles. The highest BCUT2D eigenvalue weighted by atomic mass is 16.2. The predicted molar refractivity (Wildman–Crippen MR) is 67.5 cm³/mol. The minimum Gasteiger partial charge on any atom is -0.337 e. The molecule has 0 aromatic carbocycles. The van der Waals surface area contributed by atoms with Gasteiger partial charge in [-0.2, -0.15) is 0 Å². The van der Waals surface area contributed by atoms with Gasteiger partial charge in [0.25, 0.3) is 0 Å². The van der Waals surface area contributed by atoms with Gasteiger partial charge in [0, 0.05) is 25.0 Å². The molecule has 1 fully saturated rings. The summed E-state index contributed by atoms with van der Waals surface area (Å²) in [5.74, 6) is 0.297. The lowest BCUT2D eigenvalue weighted by Gasteiger charge is -2.37. The quantitative estimate of drug-likeness (QED) is 0.747. The van der Waals surface area contributed by atoms with E-state index in [1.807, 2.05) is 32.6 Å². The minimum absolute atomic E-state index is 0.0746. The van der Waals surface area contributed by atoms with Crippen LogP contribution in [0.2, 0.25) is 0 Å². The molecule has 1 saturated heterocycles. The number of carbonyl (C=O) groups excluding carboxylic acids is 2. The van der Waals surface area contributed by atoms with Crippen molar-refractivity contribution in [1.82, 2.24) is 9.80 Å². The zero-order valence-corrected chi connectivity index (χ0v) is 11.4. The average Bonchev–Trinajstić information content (AvgIpc) is 2.29. The Hall–Kier alpha value is -1.06. The van der Waals surface area contributed by atoms with Crippen LogP contribution in [0, 0.1) is 5.92 Å². The van der Waals surface area contributed by atoms with Gasteiger partial charge in [-0.05, 0) is 26.7 Å². The molecule has 0 radical (unpaired) electrons. The first-order chi connectivity index (χ1) is 8.01. The van der Waals surface area contributed by atoms with Crippen molar-refractivity contribution < 1.29 is 9.59 Å². The number of hydrogen-bond acceptors (Lipinski definition) is 2. The van der Waals surface area contributed by atoms with Crippen LogP contribution < -0.4 is 0 Å². The summed E-state index contributed by atoms with van der Waals surface area (Å²) in [5.41, 5.74) is 0. The van der Waals surface area contributed by atoms with Gasteiger partial charge in [0.2, 0.25) is 11.8 Å². The van der Waals surface area contributed by atoms with E-state index in [1.165, 1.54) is 0 Å². The fourth-order valence-electron chi connectivity index (χ4n) is 2.32. The second kappa shape index (κ2) is 6.03. The van der Waals surface area contributed by atoms with Gasteiger partial charge in [-0.25, -0.2) is 0 Å². The molecule has 4 nitrogen and oxygen atoms in total. The van der Waals surface area contributed by atoms with Crippen molar-refractivity contribution in [2.45, 2.75) is 46.6 Å². The maximum atomic E-state index is 12.1. The topological polar surface area (TPSA) is 40.6 Å². The van der Waals surface area contributed by atoms with E-state index in [0.717, 1.165) is 12.8 Å². The molecule has 0 saturated carbocycles. The van der Waals surface area contributed by atoms with E-state index in [-0.39, 0.29) is 30.3 Å². The Morgan fingerprint density at radius 2 is 1.82 bits per heavy atom. The van der Waals surface area contributed by atoms with Crippen molar-refractivity contribution in [3.8, 4) is 0 Å². The number of hydrogen-bond donors (Lipinski definition) is 0. The minimum atomic E-state index is 0.0746. The second-order valence-corrected chi connectivity index (χ2v) is 4.95. The molecule has 0 bridgehead atoms. The summed E-state index contributed by atoms with van der Waals surface area (Å²) >= 11 is 0. The number of nitrogens with zero attached hydrogens (tertiary/aromatic N) is 2. The van der Waals surface area contributed by atoms with Crippen molar-refractivity contribution in [2.24, 2.45) is 5.92 Å². The summed E-state index contributed by atoms with van der Waals surface area (Å²) in [6.45, 7) is 9.68. The van der Waals surface area contributed by atoms with Crippen LogP contribution in [0.25, 0.3) is 0 Å². The van der Waals surface area contributed by atoms with Crippen LogP contribution in [-0.2, 0) is 9.59 Å². The summed E-state index contributed by atoms with van der Waals surface area (Å²) in [6, 6.07) is 0.230. The van der Waals surface area contributed by atoms with Crippen molar-refractivity contribution in [3.63, 3.8) is 0 Å². The van der Waals surface area contributed by atoms with E-state index in [0.29, 0.717) is 13.1 Å². The first kappa shape index (κ1) is 14.0. The maximum Gasteiger partial charge on any atom is 0.242 e. The highest BCUT2D eigenvalue weighted by molar-refractivity contribution is 5.87. The van der Waals surface area contributed by atoms with Crippen LogP contribution in [0.5, 0.6) is 0 Å². The van der Waals surface area contributed by atoms with Crippen LogP contribution >= 0.6 is 0 Å². The molecule has 0 aliphatic carbocycles. The van der Waals surface area contributed by atoms with Crippen LogP contribution in [0.4, 0.5) is 0 Å². The molecule has 0 atom stereocenters.